The maximum atomic E-state index is 13.1. The lowest BCUT2D eigenvalue weighted by atomic mass is 9.96. The molecular formula is C21H22F3N5O. The van der Waals surface area contributed by atoms with Gasteiger partial charge in [-0.1, -0.05) is 24.3 Å². The van der Waals surface area contributed by atoms with Gasteiger partial charge >= 0.3 is 6.18 Å². The van der Waals surface area contributed by atoms with Crippen LogP contribution in [0, 0.1) is 0 Å². The normalized spacial score (nSPS) is 11.5. The summed E-state index contributed by atoms with van der Waals surface area (Å²) in [5, 5.41) is 12.1. The summed E-state index contributed by atoms with van der Waals surface area (Å²) in [6.45, 7) is 4.93. The Hall–Kier alpha value is -3.23. The monoisotopic (exact) mass is 417 g/mol. The van der Waals surface area contributed by atoms with Gasteiger partial charge < -0.3 is 4.90 Å². The van der Waals surface area contributed by atoms with Crippen molar-refractivity contribution < 1.29 is 18.0 Å². The van der Waals surface area contributed by atoms with Gasteiger partial charge in [-0.05, 0) is 54.8 Å². The van der Waals surface area contributed by atoms with E-state index in [9.17, 15) is 18.0 Å². The topological polar surface area (TPSA) is 63.9 Å². The molecule has 3 aromatic rings. The highest BCUT2D eigenvalue weighted by Gasteiger charge is 2.30. The molecule has 1 amide bonds. The maximum absolute atomic E-state index is 13.1. The molecule has 1 heterocycles. The third kappa shape index (κ3) is 4.67. The smallest absolute Gasteiger partial charge is 0.339 e. The first-order valence-corrected chi connectivity index (χ1v) is 9.55. The molecule has 0 fully saturated rings. The summed E-state index contributed by atoms with van der Waals surface area (Å²) in [6.07, 6.45) is -4.18. The number of rotatable bonds is 6. The summed E-state index contributed by atoms with van der Waals surface area (Å²) < 4.78 is 39.2. The van der Waals surface area contributed by atoms with E-state index in [1.165, 1.54) is 10.9 Å². The maximum Gasteiger partial charge on any atom is 0.416 e. The van der Waals surface area contributed by atoms with Gasteiger partial charge in [-0.15, -0.1) is 10.2 Å². The van der Waals surface area contributed by atoms with Crippen LogP contribution in [0.3, 0.4) is 0 Å². The van der Waals surface area contributed by atoms with Crippen molar-refractivity contribution in [1.29, 1.82) is 0 Å². The first-order valence-electron chi connectivity index (χ1n) is 9.55. The molecule has 6 nitrogen and oxygen atoms in total. The number of aromatic nitrogens is 4. The minimum Gasteiger partial charge on any atom is -0.339 e. The summed E-state index contributed by atoms with van der Waals surface area (Å²) in [5.74, 6) is 0.185. The van der Waals surface area contributed by atoms with Crippen LogP contribution in [0.5, 0.6) is 0 Å². The molecule has 0 aliphatic rings. The van der Waals surface area contributed by atoms with Crippen molar-refractivity contribution in [2.75, 3.05) is 13.1 Å². The highest BCUT2D eigenvalue weighted by Crippen LogP contribution is 2.31. The van der Waals surface area contributed by atoms with Crippen LogP contribution in [0.25, 0.3) is 11.4 Å². The van der Waals surface area contributed by atoms with Gasteiger partial charge in [0.2, 0.25) is 5.82 Å². The fraction of sp³-hybridized carbons (Fsp3) is 0.333. The molecule has 0 radical (unpaired) electrons. The number of nitrogens with zero attached hydrogens (tertiary/aromatic N) is 5. The van der Waals surface area contributed by atoms with Crippen molar-refractivity contribution in [1.82, 2.24) is 25.1 Å². The first-order chi connectivity index (χ1) is 14.2. The second kappa shape index (κ2) is 8.64. The Morgan fingerprint density at radius 1 is 1.10 bits per heavy atom. The molecule has 0 N–H and O–H groups in total. The lowest BCUT2D eigenvalue weighted by molar-refractivity contribution is -0.137. The fourth-order valence-corrected chi connectivity index (χ4v) is 3.23. The number of aryl methyl sites for hydroxylation is 1. The summed E-state index contributed by atoms with van der Waals surface area (Å²) in [5.41, 5.74) is 1.54. The highest BCUT2D eigenvalue weighted by molar-refractivity contribution is 5.95. The zero-order valence-corrected chi connectivity index (χ0v) is 16.9. The van der Waals surface area contributed by atoms with E-state index in [0.29, 0.717) is 41.2 Å². The standard InChI is InChI=1S/C21H22F3N5O/c1-4-29(5-2)20(30)16-10-9-15(18(13-16)19-25-27-28(3)26-19)11-14-7-6-8-17(12-14)21(22,23)24/h6-10,12-13H,4-5,11H2,1-3H3. The molecule has 0 saturated heterocycles. The molecule has 1 aromatic heterocycles. The second-order valence-corrected chi connectivity index (χ2v) is 6.83. The number of benzene rings is 2. The van der Waals surface area contributed by atoms with Gasteiger partial charge in [-0.2, -0.15) is 18.0 Å². The zero-order chi connectivity index (χ0) is 21.9. The molecule has 9 heteroatoms. The molecule has 158 valence electrons. The first kappa shape index (κ1) is 21.5. The van der Waals surface area contributed by atoms with Crippen LogP contribution in [0.1, 0.15) is 40.9 Å². The van der Waals surface area contributed by atoms with Crippen molar-refractivity contribution in [3.05, 3.63) is 64.7 Å². The van der Waals surface area contributed by atoms with Gasteiger partial charge in [-0.25, -0.2) is 0 Å². The Bertz CT molecular complexity index is 1040. The Kier molecular flexibility index (Phi) is 6.19. The van der Waals surface area contributed by atoms with E-state index >= 15 is 0 Å². The number of tetrazole rings is 1. The van der Waals surface area contributed by atoms with E-state index in [-0.39, 0.29) is 12.3 Å². The third-order valence-corrected chi connectivity index (χ3v) is 4.81. The number of alkyl halides is 3. The van der Waals surface area contributed by atoms with Crippen LogP contribution in [0.4, 0.5) is 13.2 Å². The molecule has 0 saturated carbocycles. The van der Waals surface area contributed by atoms with E-state index in [0.717, 1.165) is 12.1 Å². The molecule has 0 aliphatic carbocycles. The van der Waals surface area contributed by atoms with Crippen LogP contribution < -0.4 is 0 Å². The van der Waals surface area contributed by atoms with Crippen molar-refractivity contribution >= 4 is 5.91 Å². The van der Waals surface area contributed by atoms with E-state index in [4.69, 9.17) is 0 Å². The zero-order valence-electron chi connectivity index (χ0n) is 16.9. The summed E-state index contributed by atoms with van der Waals surface area (Å²) in [6, 6.07) is 10.3. The summed E-state index contributed by atoms with van der Waals surface area (Å²) in [7, 11) is 1.62. The Labute approximate surface area is 172 Å². The highest BCUT2D eigenvalue weighted by atomic mass is 19.4. The van der Waals surface area contributed by atoms with Crippen LogP contribution in [0.15, 0.2) is 42.5 Å². The molecule has 2 aromatic carbocycles. The van der Waals surface area contributed by atoms with Gasteiger partial charge in [0.25, 0.3) is 5.91 Å². The fourth-order valence-electron chi connectivity index (χ4n) is 3.23. The van der Waals surface area contributed by atoms with Crippen molar-refractivity contribution in [2.24, 2.45) is 7.05 Å². The number of halogens is 3. The van der Waals surface area contributed by atoms with Crippen LogP contribution in [-0.4, -0.2) is 44.1 Å². The van der Waals surface area contributed by atoms with E-state index in [2.05, 4.69) is 15.4 Å². The number of hydrogen-bond acceptors (Lipinski definition) is 4. The van der Waals surface area contributed by atoms with E-state index in [1.807, 2.05) is 13.8 Å². The minimum atomic E-state index is -4.41. The Morgan fingerprint density at radius 2 is 1.83 bits per heavy atom. The van der Waals surface area contributed by atoms with Crippen molar-refractivity contribution in [3.63, 3.8) is 0 Å². The average molecular weight is 417 g/mol. The molecule has 0 unspecified atom stereocenters. The third-order valence-electron chi connectivity index (χ3n) is 4.81. The van der Waals surface area contributed by atoms with Gasteiger partial charge in [-0.3, -0.25) is 4.79 Å². The average Bonchev–Trinajstić information content (AvgIpc) is 3.15. The van der Waals surface area contributed by atoms with E-state index < -0.39 is 11.7 Å². The molecule has 3 rings (SSSR count). The second-order valence-electron chi connectivity index (χ2n) is 6.83. The largest absolute Gasteiger partial charge is 0.416 e. The molecular weight excluding hydrogens is 395 g/mol. The minimum absolute atomic E-state index is 0.129. The lowest BCUT2D eigenvalue weighted by Crippen LogP contribution is -2.30. The van der Waals surface area contributed by atoms with Gasteiger partial charge in [0.05, 0.1) is 12.6 Å². The molecule has 0 spiro atoms. The molecule has 30 heavy (non-hydrogen) atoms. The molecule has 0 aliphatic heterocycles. The molecule has 0 atom stereocenters. The van der Waals surface area contributed by atoms with Crippen LogP contribution >= 0.6 is 0 Å². The number of carbonyl (C=O) groups is 1. The number of hydrogen-bond donors (Lipinski definition) is 0. The molecule has 0 bridgehead atoms. The Morgan fingerprint density at radius 3 is 2.43 bits per heavy atom. The SMILES string of the molecule is CCN(CC)C(=O)c1ccc(Cc2cccc(C(F)(F)F)c2)c(-c2nnn(C)n2)c1. The predicted octanol–water partition coefficient (Wildman–Crippen LogP) is 3.97. The van der Waals surface area contributed by atoms with Gasteiger partial charge in [0.15, 0.2) is 0 Å². The quantitative estimate of drug-likeness (QED) is 0.609. The van der Waals surface area contributed by atoms with Crippen molar-refractivity contribution in [2.45, 2.75) is 26.4 Å². The predicted molar refractivity (Wildman–Crippen MR) is 106 cm³/mol. The van der Waals surface area contributed by atoms with Crippen molar-refractivity contribution in [3.8, 4) is 11.4 Å². The van der Waals surface area contributed by atoms with E-state index in [1.54, 1.807) is 36.2 Å². The van der Waals surface area contributed by atoms with Gasteiger partial charge in [0, 0.05) is 24.2 Å². The Balaban J connectivity index is 2.03. The van der Waals surface area contributed by atoms with Gasteiger partial charge in [0.1, 0.15) is 0 Å². The van der Waals surface area contributed by atoms with Crippen LogP contribution in [-0.2, 0) is 19.6 Å². The van der Waals surface area contributed by atoms with Crippen LogP contribution in [0.2, 0.25) is 0 Å². The number of amides is 1. The lowest BCUT2D eigenvalue weighted by Gasteiger charge is -2.19. The summed E-state index contributed by atoms with van der Waals surface area (Å²) in [4.78, 5) is 15.7. The summed E-state index contributed by atoms with van der Waals surface area (Å²) >= 11 is 0. The number of carbonyl (C=O) groups excluding carboxylic acids is 1.